The molecule has 126 valence electrons. The summed E-state index contributed by atoms with van der Waals surface area (Å²) in [6.07, 6.45) is 0.788. The van der Waals surface area contributed by atoms with Gasteiger partial charge in [0.1, 0.15) is 0 Å². The van der Waals surface area contributed by atoms with Crippen molar-refractivity contribution in [1.29, 1.82) is 0 Å². The number of nitro benzene ring substituents is 1. The molecule has 1 amide bonds. The van der Waals surface area contributed by atoms with Crippen molar-refractivity contribution in [2.45, 2.75) is 13.3 Å². The predicted molar refractivity (Wildman–Crippen MR) is 89.6 cm³/mol. The minimum Gasteiger partial charge on any atom is -0.493 e. The number of rotatable bonds is 7. The largest absolute Gasteiger partial charge is 0.493 e. The molecule has 7 nitrogen and oxygen atoms in total. The highest BCUT2D eigenvalue weighted by Gasteiger charge is 2.14. The van der Waals surface area contributed by atoms with Crippen molar-refractivity contribution in [3.8, 4) is 11.5 Å². The molecule has 0 radical (unpaired) electrons. The van der Waals surface area contributed by atoms with Gasteiger partial charge in [0.2, 0.25) is 0 Å². The standard InChI is InChI=1S/C17H18N2O5/c1-3-12-6-4-5-7-14(12)18-17(20)11-24-16-10-13(19(21)22)8-9-15(16)23-2/h4-10H,3,11H2,1-2H3,(H,18,20). The highest BCUT2D eigenvalue weighted by molar-refractivity contribution is 5.92. The van der Waals surface area contributed by atoms with Crippen molar-refractivity contribution in [2.24, 2.45) is 0 Å². The van der Waals surface area contributed by atoms with Crippen LogP contribution >= 0.6 is 0 Å². The molecule has 0 unspecified atom stereocenters. The molecule has 0 aliphatic carbocycles. The fourth-order valence-corrected chi connectivity index (χ4v) is 2.17. The van der Waals surface area contributed by atoms with E-state index in [9.17, 15) is 14.9 Å². The summed E-state index contributed by atoms with van der Waals surface area (Å²) in [5, 5.41) is 13.6. The number of nitrogens with one attached hydrogen (secondary N) is 1. The molecule has 0 aliphatic heterocycles. The second kappa shape index (κ2) is 7.96. The van der Waals surface area contributed by atoms with Gasteiger partial charge in [0, 0.05) is 11.8 Å². The van der Waals surface area contributed by atoms with Crippen LogP contribution < -0.4 is 14.8 Å². The summed E-state index contributed by atoms with van der Waals surface area (Å²) < 4.78 is 10.5. The molecule has 0 saturated carbocycles. The van der Waals surface area contributed by atoms with Gasteiger partial charge in [0.15, 0.2) is 18.1 Å². The first-order valence-electron chi connectivity index (χ1n) is 7.38. The molecule has 0 aromatic heterocycles. The van der Waals surface area contributed by atoms with Gasteiger partial charge in [-0.05, 0) is 24.1 Å². The van der Waals surface area contributed by atoms with Crippen LogP contribution in [0.3, 0.4) is 0 Å². The summed E-state index contributed by atoms with van der Waals surface area (Å²) in [5.41, 5.74) is 1.60. The minimum atomic E-state index is -0.538. The summed E-state index contributed by atoms with van der Waals surface area (Å²) in [7, 11) is 1.42. The van der Waals surface area contributed by atoms with Crippen molar-refractivity contribution in [2.75, 3.05) is 19.0 Å². The first-order chi connectivity index (χ1) is 11.5. The molecule has 7 heteroatoms. The molecule has 1 N–H and O–H groups in total. The van der Waals surface area contributed by atoms with E-state index in [0.717, 1.165) is 17.7 Å². The third-order valence-electron chi connectivity index (χ3n) is 3.39. The fourth-order valence-electron chi connectivity index (χ4n) is 2.17. The number of carbonyl (C=O) groups is 1. The zero-order valence-corrected chi connectivity index (χ0v) is 13.4. The molecule has 0 heterocycles. The smallest absolute Gasteiger partial charge is 0.273 e. The number of methoxy groups -OCH3 is 1. The lowest BCUT2D eigenvalue weighted by atomic mass is 10.1. The van der Waals surface area contributed by atoms with E-state index in [-0.39, 0.29) is 24.0 Å². The SMILES string of the molecule is CCc1ccccc1NC(=O)COc1cc([N+](=O)[O-])ccc1OC. The van der Waals surface area contributed by atoms with Crippen LogP contribution in [-0.2, 0) is 11.2 Å². The number of anilines is 1. The monoisotopic (exact) mass is 330 g/mol. The second-order valence-electron chi connectivity index (χ2n) is 4.94. The number of amides is 1. The summed E-state index contributed by atoms with van der Waals surface area (Å²) in [6.45, 7) is 1.71. The fraction of sp³-hybridized carbons (Fsp3) is 0.235. The van der Waals surface area contributed by atoms with Gasteiger partial charge >= 0.3 is 0 Å². The zero-order chi connectivity index (χ0) is 17.5. The van der Waals surface area contributed by atoms with E-state index in [1.54, 1.807) is 0 Å². The van der Waals surface area contributed by atoms with E-state index in [1.165, 1.54) is 25.3 Å². The molecule has 0 fully saturated rings. The van der Waals surface area contributed by atoms with Gasteiger partial charge in [-0.15, -0.1) is 0 Å². The van der Waals surface area contributed by atoms with Crippen LogP contribution in [0.2, 0.25) is 0 Å². The molecular formula is C17H18N2O5. The normalized spacial score (nSPS) is 10.1. The maximum absolute atomic E-state index is 12.1. The Bertz CT molecular complexity index is 746. The highest BCUT2D eigenvalue weighted by atomic mass is 16.6. The summed E-state index contributed by atoms with van der Waals surface area (Å²) in [5.74, 6) is 0.109. The predicted octanol–water partition coefficient (Wildman–Crippen LogP) is 3.18. The van der Waals surface area contributed by atoms with Gasteiger partial charge in [-0.3, -0.25) is 14.9 Å². The summed E-state index contributed by atoms with van der Waals surface area (Å²) >= 11 is 0. The lowest BCUT2D eigenvalue weighted by Crippen LogP contribution is -2.21. The van der Waals surface area contributed by atoms with E-state index < -0.39 is 4.92 Å². The number of carbonyl (C=O) groups excluding carboxylic acids is 1. The van der Waals surface area contributed by atoms with Gasteiger partial charge in [-0.25, -0.2) is 0 Å². The van der Waals surface area contributed by atoms with Gasteiger partial charge in [-0.2, -0.15) is 0 Å². The van der Waals surface area contributed by atoms with E-state index in [2.05, 4.69) is 5.32 Å². The Morgan fingerprint density at radius 2 is 1.96 bits per heavy atom. The van der Waals surface area contributed by atoms with Crippen molar-refractivity contribution < 1.29 is 19.2 Å². The van der Waals surface area contributed by atoms with Gasteiger partial charge < -0.3 is 14.8 Å². The maximum atomic E-state index is 12.1. The number of aryl methyl sites for hydroxylation is 1. The topological polar surface area (TPSA) is 90.7 Å². The Kier molecular flexibility index (Phi) is 5.73. The lowest BCUT2D eigenvalue weighted by Gasteiger charge is -2.12. The minimum absolute atomic E-state index is 0.137. The Balaban J connectivity index is 2.06. The van der Waals surface area contributed by atoms with Crippen LogP contribution in [0.5, 0.6) is 11.5 Å². The Morgan fingerprint density at radius 1 is 1.21 bits per heavy atom. The molecule has 0 aliphatic rings. The van der Waals surface area contributed by atoms with Crippen LogP contribution in [0.25, 0.3) is 0 Å². The van der Waals surface area contributed by atoms with Crippen molar-refractivity contribution in [3.05, 3.63) is 58.1 Å². The van der Waals surface area contributed by atoms with Crippen molar-refractivity contribution in [3.63, 3.8) is 0 Å². The Hall–Kier alpha value is -3.09. The van der Waals surface area contributed by atoms with Gasteiger partial charge in [0.25, 0.3) is 11.6 Å². The molecule has 0 spiro atoms. The number of non-ortho nitro benzene ring substituents is 1. The van der Waals surface area contributed by atoms with Crippen LogP contribution in [0.1, 0.15) is 12.5 Å². The number of nitrogens with zero attached hydrogens (tertiary/aromatic N) is 1. The summed E-state index contributed by atoms with van der Waals surface area (Å²) in [4.78, 5) is 22.4. The Morgan fingerprint density at radius 3 is 2.62 bits per heavy atom. The molecule has 0 atom stereocenters. The number of hydrogen-bond donors (Lipinski definition) is 1. The Labute approximate surface area is 139 Å². The second-order valence-corrected chi connectivity index (χ2v) is 4.94. The molecule has 2 aromatic carbocycles. The maximum Gasteiger partial charge on any atom is 0.273 e. The lowest BCUT2D eigenvalue weighted by molar-refractivity contribution is -0.385. The average molecular weight is 330 g/mol. The number of para-hydroxylation sites is 1. The number of hydrogen-bond acceptors (Lipinski definition) is 5. The highest BCUT2D eigenvalue weighted by Crippen LogP contribution is 2.31. The number of benzene rings is 2. The number of ether oxygens (including phenoxy) is 2. The van der Waals surface area contributed by atoms with Crippen molar-refractivity contribution in [1.82, 2.24) is 0 Å². The quantitative estimate of drug-likeness (QED) is 0.622. The molecule has 0 bridgehead atoms. The zero-order valence-electron chi connectivity index (χ0n) is 13.4. The van der Waals surface area contributed by atoms with Crippen LogP contribution in [0.15, 0.2) is 42.5 Å². The average Bonchev–Trinajstić information content (AvgIpc) is 2.60. The molecule has 2 aromatic rings. The van der Waals surface area contributed by atoms with Crippen LogP contribution in [0, 0.1) is 10.1 Å². The number of nitro groups is 1. The third-order valence-corrected chi connectivity index (χ3v) is 3.39. The van der Waals surface area contributed by atoms with Gasteiger partial charge in [0.05, 0.1) is 18.1 Å². The van der Waals surface area contributed by atoms with Crippen molar-refractivity contribution >= 4 is 17.3 Å². The van der Waals surface area contributed by atoms with Crippen LogP contribution in [0.4, 0.5) is 11.4 Å². The molecular weight excluding hydrogens is 312 g/mol. The summed E-state index contributed by atoms with van der Waals surface area (Å²) in [6, 6.07) is 11.4. The van der Waals surface area contributed by atoms with E-state index in [1.807, 2.05) is 31.2 Å². The first-order valence-corrected chi connectivity index (χ1v) is 7.38. The van der Waals surface area contributed by atoms with Crippen LogP contribution in [-0.4, -0.2) is 24.5 Å². The molecule has 2 rings (SSSR count). The third kappa shape index (κ3) is 4.22. The molecule has 24 heavy (non-hydrogen) atoms. The van der Waals surface area contributed by atoms with E-state index in [4.69, 9.17) is 9.47 Å². The van der Waals surface area contributed by atoms with E-state index in [0.29, 0.717) is 5.75 Å². The van der Waals surface area contributed by atoms with E-state index >= 15 is 0 Å². The molecule has 0 saturated heterocycles. The first kappa shape index (κ1) is 17.3. The van der Waals surface area contributed by atoms with Gasteiger partial charge in [-0.1, -0.05) is 25.1 Å².